The zero-order valence-electron chi connectivity index (χ0n) is 15.3. The van der Waals surface area contributed by atoms with Crippen LogP contribution in [0.2, 0.25) is 0 Å². The van der Waals surface area contributed by atoms with Crippen LogP contribution < -0.4 is 10.6 Å². The van der Waals surface area contributed by atoms with E-state index in [1.807, 2.05) is 6.92 Å². The Balaban J connectivity index is 0. The molecule has 2 N–H and O–H groups in total. The number of guanidine groups is 1. The van der Waals surface area contributed by atoms with Gasteiger partial charge in [0, 0.05) is 44.9 Å². The number of hydrogen-bond acceptors (Lipinski definition) is 3. The Morgan fingerprint density at radius 2 is 1.73 bits per heavy atom. The second-order valence-corrected chi connectivity index (χ2v) is 5.66. The summed E-state index contributed by atoms with van der Waals surface area (Å²) in [5.41, 5.74) is 0. The average Bonchev–Trinajstić information content (AvgIpc) is 2.42. The number of aliphatic imine (C=N–C) groups is 1. The van der Waals surface area contributed by atoms with Gasteiger partial charge in [0.2, 0.25) is 0 Å². The molecule has 0 aromatic carbocycles. The van der Waals surface area contributed by atoms with Crippen molar-refractivity contribution in [2.75, 3.05) is 39.4 Å². The molecule has 0 fully saturated rings. The van der Waals surface area contributed by atoms with Crippen LogP contribution in [-0.4, -0.2) is 62.3 Å². The summed E-state index contributed by atoms with van der Waals surface area (Å²) in [5.74, 6) is 0.887. The van der Waals surface area contributed by atoms with E-state index in [4.69, 9.17) is 4.74 Å². The number of hydrogen-bond donors (Lipinski definition) is 2. The number of ether oxygens (including phenoxy) is 1. The van der Waals surface area contributed by atoms with Crippen LogP contribution >= 0.6 is 24.0 Å². The van der Waals surface area contributed by atoms with Gasteiger partial charge in [-0.3, -0.25) is 9.89 Å². The highest BCUT2D eigenvalue weighted by atomic mass is 127. The third-order valence-corrected chi connectivity index (χ3v) is 3.26. The molecule has 0 aliphatic carbocycles. The third-order valence-electron chi connectivity index (χ3n) is 3.26. The summed E-state index contributed by atoms with van der Waals surface area (Å²) in [7, 11) is 0. The van der Waals surface area contributed by atoms with Crippen molar-refractivity contribution in [2.45, 2.75) is 60.0 Å². The molecule has 0 amide bonds. The Bertz CT molecular complexity index is 265. The molecule has 0 aliphatic heterocycles. The number of nitrogens with one attached hydrogen (secondary N) is 2. The maximum absolute atomic E-state index is 5.32. The van der Waals surface area contributed by atoms with Crippen LogP contribution in [0.5, 0.6) is 0 Å². The molecule has 0 aromatic heterocycles. The molecule has 0 rings (SSSR count). The first-order valence-electron chi connectivity index (χ1n) is 8.38. The second kappa shape index (κ2) is 15.8. The van der Waals surface area contributed by atoms with Crippen LogP contribution in [0.25, 0.3) is 0 Å². The van der Waals surface area contributed by atoms with Crippen molar-refractivity contribution in [3.05, 3.63) is 0 Å². The van der Waals surface area contributed by atoms with Crippen molar-refractivity contribution in [2.24, 2.45) is 4.99 Å². The van der Waals surface area contributed by atoms with E-state index in [-0.39, 0.29) is 24.0 Å². The topological polar surface area (TPSA) is 48.9 Å². The molecule has 0 saturated heterocycles. The lowest BCUT2D eigenvalue weighted by Crippen LogP contribution is -2.40. The average molecular weight is 428 g/mol. The van der Waals surface area contributed by atoms with Crippen molar-refractivity contribution in [1.82, 2.24) is 15.5 Å². The molecule has 0 aromatic rings. The van der Waals surface area contributed by atoms with Crippen LogP contribution in [0.15, 0.2) is 4.99 Å². The van der Waals surface area contributed by atoms with Crippen molar-refractivity contribution in [1.29, 1.82) is 0 Å². The molecule has 0 unspecified atom stereocenters. The van der Waals surface area contributed by atoms with E-state index in [0.29, 0.717) is 12.1 Å². The van der Waals surface area contributed by atoms with Crippen LogP contribution in [0.4, 0.5) is 0 Å². The first-order chi connectivity index (χ1) is 10.0. The Labute approximate surface area is 154 Å². The fourth-order valence-corrected chi connectivity index (χ4v) is 2.28. The van der Waals surface area contributed by atoms with Gasteiger partial charge in [-0.15, -0.1) is 24.0 Å². The summed E-state index contributed by atoms with van der Waals surface area (Å²) in [6.07, 6.45) is 1.08. The van der Waals surface area contributed by atoms with Gasteiger partial charge in [0.05, 0.1) is 6.61 Å². The summed E-state index contributed by atoms with van der Waals surface area (Å²) in [6.45, 7) is 18.2. The Morgan fingerprint density at radius 1 is 1.09 bits per heavy atom. The number of halogens is 1. The highest BCUT2D eigenvalue weighted by Gasteiger charge is 2.12. The Kier molecular flexibility index (Phi) is 17.4. The van der Waals surface area contributed by atoms with Crippen molar-refractivity contribution < 1.29 is 4.74 Å². The highest BCUT2D eigenvalue weighted by molar-refractivity contribution is 14.0. The van der Waals surface area contributed by atoms with E-state index in [1.165, 1.54) is 0 Å². The predicted molar refractivity (Wildman–Crippen MR) is 107 cm³/mol. The number of rotatable bonds is 11. The first kappa shape index (κ1) is 24.2. The molecule has 0 aliphatic rings. The van der Waals surface area contributed by atoms with Gasteiger partial charge in [-0.05, 0) is 48.0 Å². The van der Waals surface area contributed by atoms with Crippen molar-refractivity contribution in [3.8, 4) is 0 Å². The quantitative estimate of drug-likeness (QED) is 0.230. The first-order valence-corrected chi connectivity index (χ1v) is 8.38. The lowest BCUT2D eigenvalue weighted by atomic mass is 10.2. The van der Waals surface area contributed by atoms with Crippen molar-refractivity contribution in [3.63, 3.8) is 0 Å². The van der Waals surface area contributed by atoms with Crippen LogP contribution in [0.3, 0.4) is 0 Å². The standard InChI is InChI=1S/C16H36N4O.HI/c1-7-17-16(19-11-13-21-8-2)18-10-9-12-20(14(3)4)15(5)6;/h14-15H,7-13H2,1-6H3,(H2,17,18,19);1H. The third kappa shape index (κ3) is 12.5. The lowest BCUT2D eigenvalue weighted by molar-refractivity contribution is 0.152. The normalized spacial score (nSPS) is 12.0. The van der Waals surface area contributed by atoms with E-state index < -0.39 is 0 Å². The van der Waals surface area contributed by atoms with Crippen LogP contribution in [0, 0.1) is 0 Å². The molecular formula is C16H37IN4O. The molecule has 6 heteroatoms. The molecule has 0 heterocycles. The smallest absolute Gasteiger partial charge is 0.191 e. The molecule has 5 nitrogen and oxygen atoms in total. The summed E-state index contributed by atoms with van der Waals surface area (Å²) in [5, 5.41) is 6.55. The minimum atomic E-state index is 0. The molecule has 0 radical (unpaired) electrons. The summed E-state index contributed by atoms with van der Waals surface area (Å²) in [6, 6.07) is 1.18. The second-order valence-electron chi connectivity index (χ2n) is 5.66. The van der Waals surface area contributed by atoms with E-state index >= 15 is 0 Å². The molecule has 22 heavy (non-hydrogen) atoms. The van der Waals surface area contributed by atoms with Crippen LogP contribution in [0.1, 0.15) is 48.0 Å². The SMILES string of the molecule is CCNC(=NCCCN(C(C)C)C(C)C)NCCOCC.I. The van der Waals surface area contributed by atoms with Gasteiger partial charge < -0.3 is 15.4 Å². The minimum Gasteiger partial charge on any atom is -0.380 e. The van der Waals surface area contributed by atoms with Gasteiger partial charge in [-0.25, -0.2) is 0 Å². The molecule has 0 atom stereocenters. The van der Waals surface area contributed by atoms with Gasteiger partial charge in [0.1, 0.15) is 0 Å². The maximum Gasteiger partial charge on any atom is 0.191 e. The zero-order chi connectivity index (χ0) is 16.1. The summed E-state index contributed by atoms with van der Waals surface area (Å²) in [4.78, 5) is 7.12. The molecular weight excluding hydrogens is 391 g/mol. The molecule has 134 valence electrons. The van der Waals surface area contributed by atoms with Gasteiger partial charge in [0.25, 0.3) is 0 Å². The molecule has 0 spiro atoms. The van der Waals surface area contributed by atoms with Gasteiger partial charge in [-0.1, -0.05) is 0 Å². The highest BCUT2D eigenvalue weighted by Crippen LogP contribution is 2.05. The lowest BCUT2D eigenvalue weighted by Gasteiger charge is -2.30. The predicted octanol–water partition coefficient (Wildman–Crippen LogP) is 2.70. The monoisotopic (exact) mass is 428 g/mol. The maximum atomic E-state index is 5.32. The van der Waals surface area contributed by atoms with E-state index in [2.05, 4.69) is 55.1 Å². The van der Waals surface area contributed by atoms with Gasteiger partial charge >= 0.3 is 0 Å². The van der Waals surface area contributed by atoms with E-state index in [9.17, 15) is 0 Å². The van der Waals surface area contributed by atoms with E-state index in [1.54, 1.807) is 0 Å². The van der Waals surface area contributed by atoms with Crippen LogP contribution in [-0.2, 0) is 4.74 Å². The van der Waals surface area contributed by atoms with Gasteiger partial charge in [0.15, 0.2) is 5.96 Å². The number of nitrogens with zero attached hydrogens (tertiary/aromatic N) is 2. The van der Waals surface area contributed by atoms with Crippen molar-refractivity contribution >= 4 is 29.9 Å². The summed E-state index contributed by atoms with van der Waals surface area (Å²) < 4.78 is 5.32. The Hall–Kier alpha value is -0.0800. The molecule has 0 bridgehead atoms. The Morgan fingerprint density at radius 3 is 2.23 bits per heavy atom. The largest absolute Gasteiger partial charge is 0.380 e. The summed E-state index contributed by atoms with van der Waals surface area (Å²) >= 11 is 0. The zero-order valence-corrected chi connectivity index (χ0v) is 17.6. The fourth-order valence-electron chi connectivity index (χ4n) is 2.28. The molecule has 0 saturated carbocycles. The minimum absolute atomic E-state index is 0. The fraction of sp³-hybridized carbons (Fsp3) is 0.938. The van der Waals surface area contributed by atoms with Gasteiger partial charge in [-0.2, -0.15) is 0 Å². The van der Waals surface area contributed by atoms with E-state index in [0.717, 1.165) is 51.8 Å².